The molecular formula is C32H26N2. The van der Waals surface area contributed by atoms with Gasteiger partial charge in [0.25, 0.3) is 0 Å². The largest absolute Gasteiger partial charge is 0.236 e. The average molecular weight is 439 g/mol. The Morgan fingerprint density at radius 2 is 1.09 bits per heavy atom. The maximum Gasteiger partial charge on any atom is 0.116 e. The van der Waals surface area contributed by atoms with Crippen LogP contribution in [0.25, 0.3) is 54.8 Å². The van der Waals surface area contributed by atoms with Crippen LogP contribution in [0.1, 0.15) is 26.3 Å². The molecule has 0 N–H and O–H groups in total. The minimum absolute atomic E-state index is 0.0343. The van der Waals surface area contributed by atoms with Gasteiger partial charge in [-0.3, -0.25) is 0 Å². The first-order chi connectivity index (χ1) is 16.5. The van der Waals surface area contributed by atoms with Crippen molar-refractivity contribution in [1.82, 2.24) is 9.97 Å². The first kappa shape index (κ1) is 20.6. The Morgan fingerprint density at radius 1 is 0.500 bits per heavy atom. The zero-order valence-electron chi connectivity index (χ0n) is 19.7. The van der Waals surface area contributed by atoms with Crippen molar-refractivity contribution in [2.24, 2.45) is 0 Å². The summed E-state index contributed by atoms with van der Waals surface area (Å²) in [5, 5.41) is 7.56. The summed E-state index contributed by atoms with van der Waals surface area (Å²) in [5.41, 5.74) is 5.47. The number of fused-ring (bicyclic) bond motifs is 4. The first-order valence-electron chi connectivity index (χ1n) is 11.7. The number of hydrogen-bond donors (Lipinski definition) is 0. The third kappa shape index (κ3) is 3.52. The third-order valence-electron chi connectivity index (χ3n) is 6.67. The van der Waals surface area contributed by atoms with E-state index in [0.29, 0.717) is 0 Å². The monoisotopic (exact) mass is 438 g/mol. The topological polar surface area (TPSA) is 25.8 Å². The average Bonchev–Trinajstić information content (AvgIpc) is 2.87. The summed E-state index contributed by atoms with van der Waals surface area (Å²) >= 11 is 0. The van der Waals surface area contributed by atoms with Crippen LogP contribution >= 0.6 is 0 Å². The van der Waals surface area contributed by atoms with Crippen LogP contribution < -0.4 is 0 Å². The molecule has 0 saturated heterocycles. The molecule has 1 heterocycles. The Hall–Kier alpha value is -4.04. The lowest BCUT2D eigenvalue weighted by molar-refractivity contribution is 0.596. The van der Waals surface area contributed by atoms with E-state index in [0.717, 1.165) is 22.5 Å². The van der Waals surface area contributed by atoms with Gasteiger partial charge in [-0.15, -0.1) is 0 Å². The van der Waals surface area contributed by atoms with Crippen molar-refractivity contribution in [2.75, 3.05) is 0 Å². The van der Waals surface area contributed by atoms with Crippen molar-refractivity contribution in [2.45, 2.75) is 26.2 Å². The molecule has 5 aromatic carbocycles. The highest BCUT2D eigenvalue weighted by Crippen LogP contribution is 2.35. The van der Waals surface area contributed by atoms with Crippen LogP contribution in [0, 0.1) is 0 Å². The van der Waals surface area contributed by atoms with E-state index in [1.807, 2.05) is 0 Å². The molecule has 0 saturated carbocycles. The molecule has 0 fully saturated rings. The lowest BCUT2D eigenvalue weighted by Gasteiger charge is -2.22. The highest BCUT2D eigenvalue weighted by molar-refractivity contribution is 6.08. The van der Waals surface area contributed by atoms with Crippen molar-refractivity contribution < 1.29 is 0 Å². The molecule has 0 atom stereocenters. The van der Waals surface area contributed by atoms with E-state index in [1.54, 1.807) is 6.33 Å². The van der Waals surface area contributed by atoms with E-state index in [-0.39, 0.29) is 5.41 Å². The van der Waals surface area contributed by atoms with Crippen molar-refractivity contribution in [3.05, 3.63) is 109 Å². The summed E-state index contributed by atoms with van der Waals surface area (Å²) in [7, 11) is 0. The number of rotatable bonds is 2. The van der Waals surface area contributed by atoms with E-state index >= 15 is 0 Å². The zero-order chi connectivity index (χ0) is 23.3. The van der Waals surface area contributed by atoms with Crippen LogP contribution in [0.4, 0.5) is 0 Å². The Balaban J connectivity index is 1.48. The molecule has 0 bridgehead atoms. The molecule has 0 spiro atoms. The normalized spacial score (nSPS) is 12.0. The molecule has 34 heavy (non-hydrogen) atoms. The Labute approximate surface area is 199 Å². The minimum atomic E-state index is 0.0343. The van der Waals surface area contributed by atoms with Gasteiger partial charge in [0.1, 0.15) is 6.33 Å². The standard InChI is InChI=1S/C32H26N2/c1-32(2,3)29-18-25(17-22-9-5-7-11-28(22)29)31-19-30(33-20-34-31)24-14-15-27-23(16-24)13-12-21-8-4-6-10-26(21)27/h4-20H,1-3H3. The van der Waals surface area contributed by atoms with Crippen molar-refractivity contribution in [1.29, 1.82) is 0 Å². The SMILES string of the molecule is CC(C)(C)c1cc(-c2cc(-c3ccc4c(ccc5ccccc54)c3)ncn2)cc2ccccc12. The van der Waals surface area contributed by atoms with Gasteiger partial charge in [0, 0.05) is 11.1 Å². The number of benzene rings is 5. The van der Waals surface area contributed by atoms with Crippen molar-refractivity contribution in [3.8, 4) is 22.5 Å². The number of hydrogen-bond acceptors (Lipinski definition) is 2. The summed E-state index contributed by atoms with van der Waals surface area (Å²) < 4.78 is 0. The van der Waals surface area contributed by atoms with E-state index in [2.05, 4.69) is 128 Å². The van der Waals surface area contributed by atoms with Gasteiger partial charge in [-0.2, -0.15) is 0 Å². The molecule has 1 aromatic heterocycles. The fourth-order valence-electron chi connectivity index (χ4n) is 4.92. The second-order valence-electron chi connectivity index (χ2n) is 10.0. The second-order valence-corrected chi connectivity index (χ2v) is 10.0. The van der Waals surface area contributed by atoms with Crippen molar-refractivity contribution >= 4 is 32.3 Å². The van der Waals surface area contributed by atoms with Gasteiger partial charge >= 0.3 is 0 Å². The third-order valence-corrected chi connectivity index (χ3v) is 6.67. The number of aromatic nitrogens is 2. The molecule has 6 aromatic rings. The van der Waals surface area contributed by atoms with Crippen LogP contribution in [-0.2, 0) is 5.41 Å². The highest BCUT2D eigenvalue weighted by Gasteiger charge is 2.19. The second kappa shape index (κ2) is 7.78. The summed E-state index contributed by atoms with van der Waals surface area (Å²) in [4.78, 5) is 9.28. The van der Waals surface area contributed by atoms with E-state index in [1.165, 1.54) is 37.9 Å². The minimum Gasteiger partial charge on any atom is -0.236 e. The van der Waals surface area contributed by atoms with E-state index in [9.17, 15) is 0 Å². The van der Waals surface area contributed by atoms with Crippen LogP contribution in [0.3, 0.4) is 0 Å². The fourth-order valence-corrected chi connectivity index (χ4v) is 4.92. The molecule has 0 aliphatic heterocycles. The van der Waals surface area contributed by atoms with E-state index in [4.69, 9.17) is 0 Å². The Kier molecular flexibility index (Phi) is 4.70. The molecule has 164 valence electrons. The molecule has 0 amide bonds. The molecule has 0 aliphatic rings. The van der Waals surface area contributed by atoms with Gasteiger partial charge in [-0.1, -0.05) is 93.6 Å². The highest BCUT2D eigenvalue weighted by atomic mass is 14.8. The number of nitrogens with zero attached hydrogens (tertiary/aromatic N) is 2. The molecule has 0 unspecified atom stereocenters. The molecule has 0 aliphatic carbocycles. The summed E-state index contributed by atoms with van der Waals surface area (Å²) in [6.45, 7) is 6.80. The quantitative estimate of drug-likeness (QED) is 0.253. The van der Waals surface area contributed by atoms with Crippen molar-refractivity contribution in [3.63, 3.8) is 0 Å². The predicted molar refractivity (Wildman–Crippen MR) is 144 cm³/mol. The van der Waals surface area contributed by atoms with Crippen LogP contribution in [-0.4, -0.2) is 9.97 Å². The van der Waals surface area contributed by atoms with E-state index < -0.39 is 0 Å². The van der Waals surface area contributed by atoms with Crippen LogP contribution in [0.2, 0.25) is 0 Å². The Morgan fingerprint density at radius 3 is 1.88 bits per heavy atom. The summed E-state index contributed by atoms with van der Waals surface area (Å²) in [5.74, 6) is 0. The van der Waals surface area contributed by atoms with Gasteiger partial charge in [0.05, 0.1) is 11.4 Å². The maximum absolute atomic E-state index is 4.66. The van der Waals surface area contributed by atoms with Gasteiger partial charge in [-0.05, 0) is 67.6 Å². The van der Waals surface area contributed by atoms with Gasteiger partial charge in [0.2, 0.25) is 0 Å². The lowest BCUT2D eigenvalue weighted by atomic mass is 9.82. The first-order valence-corrected chi connectivity index (χ1v) is 11.7. The summed E-state index contributed by atoms with van der Waals surface area (Å²) in [6.07, 6.45) is 1.68. The van der Waals surface area contributed by atoms with Gasteiger partial charge in [0.15, 0.2) is 0 Å². The maximum atomic E-state index is 4.66. The van der Waals surface area contributed by atoms with Gasteiger partial charge < -0.3 is 0 Å². The zero-order valence-corrected chi connectivity index (χ0v) is 19.7. The molecule has 2 nitrogen and oxygen atoms in total. The summed E-state index contributed by atoms with van der Waals surface area (Å²) in [6, 6.07) is 34.8. The molecule has 6 rings (SSSR count). The molecule has 0 radical (unpaired) electrons. The molecular weight excluding hydrogens is 412 g/mol. The van der Waals surface area contributed by atoms with Crippen LogP contribution in [0.5, 0.6) is 0 Å². The lowest BCUT2D eigenvalue weighted by Crippen LogP contribution is -2.12. The fraction of sp³-hybridized carbons (Fsp3) is 0.125. The van der Waals surface area contributed by atoms with Crippen LogP contribution in [0.15, 0.2) is 103 Å². The predicted octanol–water partition coefficient (Wildman–Crippen LogP) is 8.57. The molecule has 2 heteroatoms. The van der Waals surface area contributed by atoms with Gasteiger partial charge in [-0.25, -0.2) is 9.97 Å². The smallest absolute Gasteiger partial charge is 0.116 e. The Bertz CT molecular complexity index is 1690.